The molecule has 0 aliphatic heterocycles. The van der Waals surface area contributed by atoms with Gasteiger partial charge in [-0.05, 0) is 17.3 Å². The molecule has 4 rings (SSSR count). The number of aryl methyl sites for hydroxylation is 1. The van der Waals surface area contributed by atoms with Gasteiger partial charge in [-0.3, -0.25) is 9.48 Å². The number of fused-ring (bicyclic) bond motifs is 1. The van der Waals surface area contributed by atoms with Crippen LogP contribution in [0.25, 0.3) is 22.4 Å². The van der Waals surface area contributed by atoms with Gasteiger partial charge in [-0.15, -0.1) is 10.2 Å². The van der Waals surface area contributed by atoms with Gasteiger partial charge in [0.05, 0.1) is 13.3 Å². The fraction of sp³-hybridized carbons (Fsp3) is 0.200. The Bertz CT molecular complexity index is 1110. The van der Waals surface area contributed by atoms with Crippen LogP contribution in [0.5, 0.6) is 5.75 Å². The minimum atomic E-state index is -0.249. The topological polar surface area (TPSA) is 116 Å². The van der Waals surface area contributed by atoms with Crippen LogP contribution in [-0.2, 0) is 13.6 Å². The monoisotopic (exact) mass is 338 g/mol. The third-order valence-electron chi connectivity index (χ3n) is 3.72. The molecule has 10 nitrogen and oxygen atoms in total. The molecule has 0 unspecified atom stereocenters. The number of ether oxygens (including phenoxy) is 1. The van der Waals surface area contributed by atoms with Gasteiger partial charge in [-0.2, -0.15) is 9.90 Å². The molecule has 0 radical (unpaired) electrons. The van der Waals surface area contributed by atoms with Crippen molar-refractivity contribution >= 4 is 11.0 Å². The Kier molecular flexibility index (Phi) is 3.49. The van der Waals surface area contributed by atoms with E-state index in [2.05, 4.69) is 30.5 Å². The normalized spacial score (nSPS) is 11.1. The van der Waals surface area contributed by atoms with Crippen LogP contribution >= 0.6 is 0 Å². The number of nitrogens with zero attached hydrogens (tertiary/aromatic N) is 7. The van der Waals surface area contributed by atoms with Crippen LogP contribution in [0.1, 0.15) is 5.82 Å². The maximum atomic E-state index is 12.1. The van der Waals surface area contributed by atoms with Crippen LogP contribution in [0.4, 0.5) is 0 Å². The van der Waals surface area contributed by atoms with E-state index in [1.54, 1.807) is 18.8 Å². The Hall–Kier alpha value is -3.56. The molecule has 1 aromatic carbocycles. The number of hydrogen-bond acceptors (Lipinski definition) is 7. The van der Waals surface area contributed by atoms with Crippen molar-refractivity contribution in [2.75, 3.05) is 7.11 Å². The van der Waals surface area contributed by atoms with Gasteiger partial charge in [-0.25, -0.2) is 4.98 Å². The summed E-state index contributed by atoms with van der Waals surface area (Å²) in [7, 11) is 3.33. The Morgan fingerprint density at radius 3 is 3.04 bits per heavy atom. The SMILES string of the molecule is COc1cccc(-c2nnn(Cc3nc4c(cnn4C)c(=O)[nH]3)n2)c1. The average Bonchev–Trinajstić information content (AvgIpc) is 3.23. The highest BCUT2D eigenvalue weighted by Gasteiger charge is 2.11. The zero-order valence-electron chi connectivity index (χ0n) is 13.5. The first-order valence-electron chi connectivity index (χ1n) is 7.47. The predicted octanol–water partition coefficient (Wildman–Crippen LogP) is 0.367. The Balaban J connectivity index is 1.65. The van der Waals surface area contributed by atoms with Gasteiger partial charge < -0.3 is 9.72 Å². The van der Waals surface area contributed by atoms with E-state index in [4.69, 9.17) is 4.74 Å². The molecule has 0 bridgehead atoms. The van der Waals surface area contributed by atoms with Crippen LogP contribution in [0.3, 0.4) is 0 Å². The van der Waals surface area contributed by atoms with Crippen molar-refractivity contribution in [3.63, 3.8) is 0 Å². The van der Waals surface area contributed by atoms with E-state index in [1.165, 1.54) is 11.0 Å². The zero-order valence-corrected chi connectivity index (χ0v) is 13.5. The zero-order chi connectivity index (χ0) is 17.4. The Morgan fingerprint density at radius 1 is 1.32 bits per heavy atom. The quantitative estimate of drug-likeness (QED) is 0.571. The number of hydrogen-bond donors (Lipinski definition) is 1. The Morgan fingerprint density at radius 2 is 2.20 bits per heavy atom. The van der Waals surface area contributed by atoms with Gasteiger partial charge in [-0.1, -0.05) is 12.1 Å². The minimum absolute atomic E-state index is 0.188. The second-order valence-corrected chi connectivity index (χ2v) is 5.39. The summed E-state index contributed by atoms with van der Waals surface area (Å²) < 4.78 is 6.74. The van der Waals surface area contributed by atoms with E-state index in [0.29, 0.717) is 28.4 Å². The summed E-state index contributed by atoms with van der Waals surface area (Å²) in [6, 6.07) is 7.38. The van der Waals surface area contributed by atoms with Crippen molar-refractivity contribution in [2.45, 2.75) is 6.54 Å². The molecule has 0 saturated carbocycles. The van der Waals surface area contributed by atoms with Crippen LogP contribution in [0.2, 0.25) is 0 Å². The molecule has 3 heterocycles. The summed E-state index contributed by atoms with van der Waals surface area (Å²) in [6.45, 7) is 0.188. The third kappa shape index (κ3) is 2.73. The number of methoxy groups -OCH3 is 1. The summed E-state index contributed by atoms with van der Waals surface area (Å²) in [5, 5.41) is 16.9. The molecule has 0 spiro atoms. The number of benzene rings is 1. The van der Waals surface area contributed by atoms with Gasteiger partial charge in [0.2, 0.25) is 5.82 Å². The highest BCUT2D eigenvalue weighted by atomic mass is 16.5. The highest BCUT2D eigenvalue weighted by Crippen LogP contribution is 2.19. The van der Waals surface area contributed by atoms with Crippen molar-refractivity contribution in [3.8, 4) is 17.1 Å². The standard InChI is InChI=1S/C15H14N8O2/c1-22-14-11(7-16-22)15(24)18-12(17-14)8-23-20-13(19-21-23)9-4-3-5-10(6-9)25-2/h3-7H,8H2,1-2H3,(H,17,18,24). The average molecular weight is 338 g/mol. The van der Waals surface area contributed by atoms with Crippen LogP contribution < -0.4 is 10.3 Å². The molecular formula is C15H14N8O2. The molecule has 25 heavy (non-hydrogen) atoms. The van der Waals surface area contributed by atoms with E-state index in [9.17, 15) is 4.79 Å². The number of aromatic nitrogens is 8. The number of aromatic amines is 1. The van der Waals surface area contributed by atoms with Crippen molar-refractivity contribution in [3.05, 3.63) is 46.6 Å². The predicted molar refractivity (Wildman–Crippen MR) is 88.0 cm³/mol. The first kappa shape index (κ1) is 15.0. The van der Waals surface area contributed by atoms with Gasteiger partial charge in [0.15, 0.2) is 5.65 Å². The smallest absolute Gasteiger partial charge is 0.262 e. The lowest BCUT2D eigenvalue weighted by Gasteiger charge is -2.01. The minimum Gasteiger partial charge on any atom is -0.497 e. The fourth-order valence-corrected chi connectivity index (χ4v) is 2.47. The van der Waals surface area contributed by atoms with E-state index in [1.807, 2.05) is 24.3 Å². The lowest BCUT2D eigenvalue weighted by molar-refractivity contribution is 0.415. The molecule has 126 valence electrons. The second kappa shape index (κ2) is 5.82. The number of nitrogens with one attached hydrogen (secondary N) is 1. The van der Waals surface area contributed by atoms with Crippen molar-refractivity contribution < 1.29 is 4.74 Å². The molecule has 0 saturated heterocycles. The number of tetrazole rings is 1. The van der Waals surface area contributed by atoms with Gasteiger partial charge in [0.1, 0.15) is 23.5 Å². The maximum absolute atomic E-state index is 12.1. The van der Waals surface area contributed by atoms with E-state index in [-0.39, 0.29) is 12.1 Å². The van der Waals surface area contributed by atoms with E-state index < -0.39 is 0 Å². The first-order chi connectivity index (χ1) is 12.1. The second-order valence-electron chi connectivity index (χ2n) is 5.39. The molecule has 10 heteroatoms. The van der Waals surface area contributed by atoms with Crippen molar-refractivity contribution in [2.24, 2.45) is 7.05 Å². The molecular weight excluding hydrogens is 324 g/mol. The molecule has 0 aliphatic rings. The molecule has 1 N–H and O–H groups in total. The van der Waals surface area contributed by atoms with E-state index >= 15 is 0 Å². The van der Waals surface area contributed by atoms with Crippen LogP contribution in [-0.4, -0.2) is 47.1 Å². The van der Waals surface area contributed by atoms with Gasteiger partial charge in [0.25, 0.3) is 5.56 Å². The molecule has 0 amide bonds. The Labute approximate surface area is 141 Å². The lowest BCUT2D eigenvalue weighted by Crippen LogP contribution is -2.16. The van der Waals surface area contributed by atoms with Gasteiger partial charge in [0, 0.05) is 12.6 Å². The molecule has 0 aliphatic carbocycles. The third-order valence-corrected chi connectivity index (χ3v) is 3.72. The number of rotatable bonds is 4. The van der Waals surface area contributed by atoms with Gasteiger partial charge >= 0.3 is 0 Å². The van der Waals surface area contributed by atoms with Crippen molar-refractivity contribution in [1.82, 2.24) is 40.0 Å². The number of H-pyrrole nitrogens is 1. The summed E-state index contributed by atoms with van der Waals surface area (Å²) in [5.74, 6) is 1.60. The molecule has 0 fully saturated rings. The molecule has 0 atom stereocenters. The maximum Gasteiger partial charge on any atom is 0.262 e. The summed E-state index contributed by atoms with van der Waals surface area (Å²) in [6.07, 6.45) is 1.49. The summed E-state index contributed by atoms with van der Waals surface area (Å²) >= 11 is 0. The molecule has 3 aromatic heterocycles. The largest absolute Gasteiger partial charge is 0.497 e. The lowest BCUT2D eigenvalue weighted by atomic mass is 10.2. The molecule has 4 aromatic rings. The summed E-state index contributed by atoms with van der Waals surface area (Å²) in [5.41, 5.74) is 1.04. The fourth-order valence-electron chi connectivity index (χ4n) is 2.47. The van der Waals surface area contributed by atoms with Crippen LogP contribution in [0.15, 0.2) is 35.3 Å². The highest BCUT2D eigenvalue weighted by molar-refractivity contribution is 5.72. The van der Waals surface area contributed by atoms with Crippen LogP contribution in [0, 0.1) is 0 Å². The summed E-state index contributed by atoms with van der Waals surface area (Å²) in [4.78, 5) is 20.5. The van der Waals surface area contributed by atoms with Crippen molar-refractivity contribution in [1.29, 1.82) is 0 Å². The van der Waals surface area contributed by atoms with E-state index in [0.717, 1.165) is 5.56 Å². The first-order valence-corrected chi connectivity index (χ1v) is 7.47.